The molecule has 3 rings (SSSR count). The number of imide groups is 1. The number of anilines is 1. The summed E-state index contributed by atoms with van der Waals surface area (Å²) >= 11 is 0. The Hall–Kier alpha value is -1.92. The molecule has 23 heavy (non-hydrogen) atoms. The first-order valence-electron chi connectivity index (χ1n) is 8.13. The molecule has 0 aliphatic carbocycles. The fourth-order valence-electron chi connectivity index (χ4n) is 3.21. The van der Waals surface area contributed by atoms with Gasteiger partial charge in [-0.15, -0.1) is 0 Å². The summed E-state index contributed by atoms with van der Waals surface area (Å²) in [7, 11) is 2.07. The van der Waals surface area contributed by atoms with Crippen molar-refractivity contribution in [3.63, 3.8) is 0 Å². The van der Waals surface area contributed by atoms with Gasteiger partial charge in [0.15, 0.2) is 0 Å². The first-order valence-corrected chi connectivity index (χ1v) is 8.13. The van der Waals surface area contributed by atoms with Gasteiger partial charge < -0.3 is 9.64 Å². The summed E-state index contributed by atoms with van der Waals surface area (Å²) in [4.78, 5) is 31.0. The Kier molecular flexibility index (Phi) is 4.63. The normalized spacial score (nSPS) is 23.6. The molecule has 1 unspecified atom stereocenters. The quantitative estimate of drug-likeness (QED) is 0.775. The Bertz CT molecular complexity index is 597. The van der Waals surface area contributed by atoms with Crippen LogP contribution in [0.15, 0.2) is 24.3 Å². The van der Waals surface area contributed by atoms with Gasteiger partial charge in [-0.1, -0.05) is 12.1 Å². The van der Waals surface area contributed by atoms with E-state index in [-0.39, 0.29) is 24.3 Å². The van der Waals surface area contributed by atoms with E-state index in [1.807, 2.05) is 19.1 Å². The molecule has 0 saturated carbocycles. The van der Waals surface area contributed by atoms with Crippen LogP contribution in [-0.4, -0.2) is 67.5 Å². The van der Waals surface area contributed by atoms with Crippen LogP contribution in [0.25, 0.3) is 0 Å². The van der Waals surface area contributed by atoms with Crippen molar-refractivity contribution in [2.45, 2.75) is 19.4 Å². The third-order valence-corrected chi connectivity index (χ3v) is 4.51. The molecule has 0 aromatic heterocycles. The Morgan fingerprint density at radius 1 is 1.13 bits per heavy atom. The van der Waals surface area contributed by atoms with Gasteiger partial charge in [-0.25, -0.2) is 4.90 Å². The number of para-hydroxylation sites is 2. The van der Waals surface area contributed by atoms with Crippen LogP contribution in [0, 0.1) is 0 Å². The highest BCUT2D eigenvalue weighted by Crippen LogP contribution is 2.33. The molecule has 2 aliphatic rings. The Balaban J connectivity index is 1.82. The highest BCUT2D eigenvalue weighted by atomic mass is 16.5. The van der Waals surface area contributed by atoms with Crippen LogP contribution in [-0.2, 0) is 9.59 Å². The van der Waals surface area contributed by atoms with Gasteiger partial charge in [-0.2, -0.15) is 0 Å². The second-order valence-corrected chi connectivity index (χ2v) is 6.03. The number of ether oxygens (including phenoxy) is 1. The highest BCUT2D eigenvalue weighted by molar-refractivity contribution is 6.23. The topological polar surface area (TPSA) is 53.1 Å². The molecule has 1 aromatic carbocycles. The molecule has 1 aromatic rings. The summed E-state index contributed by atoms with van der Waals surface area (Å²) in [6.07, 6.45) is 0.253. The minimum atomic E-state index is -0.342. The smallest absolute Gasteiger partial charge is 0.251 e. The van der Waals surface area contributed by atoms with E-state index in [1.165, 1.54) is 4.90 Å². The lowest BCUT2D eigenvalue weighted by Crippen LogP contribution is -2.51. The molecule has 2 fully saturated rings. The van der Waals surface area contributed by atoms with Gasteiger partial charge in [-0.3, -0.25) is 14.5 Å². The molecule has 2 aliphatic heterocycles. The Morgan fingerprint density at radius 3 is 2.52 bits per heavy atom. The number of hydrogen-bond donors (Lipinski definition) is 0. The maximum absolute atomic E-state index is 12.8. The molecule has 124 valence electrons. The molecule has 2 amide bonds. The molecule has 0 bridgehead atoms. The summed E-state index contributed by atoms with van der Waals surface area (Å²) in [5.41, 5.74) is 0.556. The van der Waals surface area contributed by atoms with E-state index in [0.29, 0.717) is 18.0 Å². The number of benzene rings is 1. The SMILES string of the molecule is CCOc1ccccc1N1C(=O)CC(N2CCN(C)CC2)C1=O. The van der Waals surface area contributed by atoms with Gasteiger partial charge in [0.05, 0.1) is 24.8 Å². The Labute approximate surface area is 136 Å². The first-order chi connectivity index (χ1) is 11.1. The average molecular weight is 317 g/mol. The zero-order valence-electron chi connectivity index (χ0n) is 13.7. The van der Waals surface area contributed by atoms with E-state index in [9.17, 15) is 9.59 Å². The van der Waals surface area contributed by atoms with Crippen molar-refractivity contribution < 1.29 is 14.3 Å². The number of piperazine rings is 1. The predicted octanol–water partition coefficient (Wildman–Crippen LogP) is 0.965. The van der Waals surface area contributed by atoms with Crippen LogP contribution in [0.4, 0.5) is 5.69 Å². The molecular formula is C17H23N3O3. The molecular weight excluding hydrogens is 294 g/mol. The summed E-state index contributed by atoms with van der Waals surface area (Å²) in [5, 5.41) is 0. The van der Waals surface area contributed by atoms with Gasteiger partial charge in [-0.05, 0) is 26.1 Å². The zero-order valence-corrected chi connectivity index (χ0v) is 13.7. The Morgan fingerprint density at radius 2 is 1.83 bits per heavy atom. The number of rotatable bonds is 4. The number of hydrogen-bond acceptors (Lipinski definition) is 5. The van der Waals surface area contributed by atoms with Crippen molar-refractivity contribution >= 4 is 17.5 Å². The number of nitrogens with zero attached hydrogens (tertiary/aromatic N) is 3. The minimum Gasteiger partial charge on any atom is -0.492 e. The second-order valence-electron chi connectivity index (χ2n) is 6.03. The predicted molar refractivity (Wildman–Crippen MR) is 87.6 cm³/mol. The lowest BCUT2D eigenvalue weighted by atomic mass is 10.2. The van der Waals surface area contributed by atoms with E-state index in [0.717, 1.165) is 26.2 Å². The van der Waals surface area contributed by atoms with Gasteiger partial charge in [0, 0.05) is 26.2 Å². The fraction of sp³-hybridized carbons (Fsp3) is 0.529. The van der Waals surface area contributed by atoms with E-state index in [4.69, 9.17) is 4.74 Å². The third kappa shape index (κ3) is 3.09. The maximum atomic E-state index is 12.8. The van der Waals surface area contributed by atoms with Gasteiger partial charge in [0.25, 0.3) is 5.91 Å². The van der Waals surface area contributed by atoms with Crippen LogP contribution in [0.1, 0.15) is 13.3 Å². The lowest BCUT2D eigenvalue weighted by Gasteiger charge is -2.35. The van der Waals surface area contributed by atoms with Crippen LogP contribution >= 0.6 is 0 Å². The molecule has 6 heteroatoms. The number of amides is 2. The second kappa shape index (κ2) is 6.68. The van der Waals surface area contributed by atoms with E-state index < -0.39 is 0 Å². The van der Waals surface area contributed by atoms with E-state index in [1.54, 1.807) is 12.1 Å². The van der Waals surface area contributed by atoms with Crippen molar-refractivity contribution in [2.24, 2.45) is 0 Å². The standard InChI is InChI=1S/C17H23N3O3/c1-3-23-15-7-5-4-6-13(15)20-16(21)12-14(17(20)22)19-10-8-18(2)9-11-19/h4-7,14H,3,8-12H2,1-2H3. The number of carbonyl (C=O) groups is 2. The highest BCUT2D eigenvalue weighted by Gasteiger charge is 2.44. The van der Waals surface area contributed by atoms with Gasteiger partial charge in [0.2, 0.25) is 5.91 Å². The maximum Gasteiger partial charge on any atom is 0.251 e. The van der Waals surface area contributed by atoms with Crippen LogP contribution in [0.2, 0.25) is 0 Å². The minimum absolute atomic E-state index is 0.133. The molecule has 2 heterocycles. The van der Waals surface area contributed by atoms with E-state index in [2.05, 4.69) is 16.8 Å². The largest absolute Gasteiger partial charge is 0.492 e. The zero-order chi connectivity index (χ0) is 16.4. The molecule has 0 spiro atoms. The summed E-state index contributed by atoms with van der Waals surface area (Å²) < 4.78 is 5.57. The van der Waals surface area contributed by atoms with Crippen molar-refractivity contribution in [1.82, 2.24) is 9.80 Å². The van der Waals surface area contributed by atoms with Crippen LogP contribution in [0.3, 0.4) is 0 Å². The first kappa shape index (κ1) is 16.0. The van der Waals surface area contributed by atoms with Crippen molar-refractivity contribution in [3.8, 4) is 5.75 Å². The lowest BCUT2D eigenvalue weighted by molar-refractivity contribution is -0.123. The summed E-state index contributed by atoms with van der Waals surface area (Å²) in [6, 6.07) is 6.89. The van der Waals surface area contributed by atoms with Crippen molar-refractivity contribution in [2.75, 3.05) is 44.7 Å². The van der Waals surface area contributed by atoms with Crippen molar-refractivity contribution in [1.29, 1.82) is 0 Å². The van der Waals surface area contributed by atoms with Gasteiger partial charge in [0.1, 0.15) is 5.75 Å². The number of likely N-dealkylation sites (N-methyl/N-ethyl adjacent to an activating group) is 1. The molecule has 1 atom stereocenters. The van der Waals surface area contributed by atoms with Crippen molar-refractivity contribution in [3.05, 3.63) is 24.3 Å². The summed E-state index contributed by atoms with van der Waals surface area (Å²) in [5.74, 6) is 0.300. The van der Waals surface area contributed by atoms with Crippen LogP contribution < -0.4 is 9.64 Å². The van der Waals surface area contributed by atoms with Gasteiger partial charge >= 0.3 is 0 Å². The number of carbonyl (C=O) groups excluding carboxylic acids is 2. The van der Waals surface area contributed by atoms with Crippen LogP contribution in [0.5, 0.6) is 5.75 Å². The third-order valence-electron chi connectivity index (χ3n) is 4.51. The molecule has 2 saturated heterocycles. The summed E-state index contributed by atoms with van der Waals surface area (Å²) in [6.45, 7) is 5.87. The average Bonchev–Trinajstić information content (AvgIpc) is 2.84. The fourth-order valence-corrected chi connectivity index (χ4v) is 3.21. The molecule has 0 N–H and O–H groups in total. The van der Waals surface area contributed by atoms with E-state index >= 15 is 0 Å². The molecule has 6 nitrogen and oxygen atoms in total. The monoisotopic (exact) mass is 317 g/mol. The molecule has 0 radical (unpaired) electrons.